The smallest absolute Gasteiger partial charge is 0.337 e. The first kappa shape index (κ1) is 14.7. The number of para-hydroxylation sites is 1. The Morgan fingerprint density at radius 3 is 2.38 bits per heavy atom. The van der Waals surface area contributed by atoms with Crippen LogP contribution in [-0.4, -0.2) is 24.0 Å². The monoisotopic (exact) mass is 287 g/mol. The minimum Gasteiger partial charge on any atom is -0.478 e. The Balaban J connectivity index is 2.30. The number of nitrogens with zero attached hydrogens (tertiary/aromatic N) is 1. The molecule has 0 unspecified atom stereocenters. The normalized spacial score (nSPS) is 10.2. The van der Waals surface area contributed by atoms with E-state index in [9.17, 15) is 14.0 Å². The van der Waals surface area contributed by atoms with Crippen molar-refractivity contribution in [3.05, 3.63) is 65.5 Å². The highest BCUT2D eigenvalue weighted by atomic mass is 19.1. The summed E-state index contributed by atoms with van der Waals surface area (Å²) in [6.07, 6.45) is 0.0741. The standard InChI is InChI=1S/C16H14FNO3/c1-18(14(19)10-11-6-3-2-4-7-11)15-12(16(20)21)8-5-9-13(15)17/h2-9H,10H2,1H3,(H,20,21). The fourth-order valence-electron chi connectivity index (χ4n) is 2.04. The zero-order valence-corrected chi connectivity index (χ0v) is 11.4. The third kappa shape index (κ3) is 3.25. The zero-order chi connectivity index (χ0) is 15.4. The van der Waals surface area contributed by atoms with Crippen LogP contribution >= 0.6 is 0 Å². The van der Waals surface area contributed by atoms with E-state index < -0.39 is 11.8 Å². The predicted molar refractivity (Wildman–Crippen MR) is 76.9 cm³/mol. The molecule has 2 aromatic rings. The van der Waals surface area contributed by atoms with Gasteiger partial charge in [-0.25, -0.2) is 9.18 Å². The molecule has 5 heteroatoms. The topological polar surface area (TPSA) is 57.6 Å². The third-order valence-electron chi connectivity index (χ3n) is 3.12. The van der Waals surface area contributed by atoms with Gasteiger partial charge in [0.25, 0.3) is 0 Å². The van der Waals surface area contributed by atoms with Crippen LogP contribution in [0.4, 0.5) is 10.1 Å². The minimum atomic E-state index is -1.27. The number of halogens is 1. The van der Waals surface area contributed by atoms with Crippen LogP contribution in [0.5, 0.6) is 0 Å². The van der Waals surface area contributed by atoms with Crippen molar-refractivity contribution in [2.24, 2.45) is 0 Å². The van der Waals surface area contributed by atoms with E-state index in [1.165, 1.54) is 19.2 Å². The second kappa shape index (κ2) is 6.17. The lowest BCUT2D eigenvalue weighted by atomic mass is 10.1. The van der Waals surface area contributed by atoms with Crippen molar-refractivity contribution in [1.82, 2.24) is 0 Å². The van der Waals surface area contributed by atoms with E-state index in [-0.39, 0.29) is 23.6 Å². The molecule has 1 N–H and O–H groups in total. The number of hydrogen-bond donors (Lipinski definition) is 1. The van der Waals surface area contributed by atoms with Gasteiger partial charge in [0, 0.05) is 7.05 Å². The number of carbonyl (C=O) groups is 2. The minimum absolute atomic E-state index is 0.0741. The molecule has 0 aromatic heterocycles. The lowest BCUT2D eigenvalue weighted by Crippen LogP contribution is -2.30. The van der Waals surface area contributed by atoms with Crippen molar-refractivity contribution in [2.75, 3.05) is 11.9 Å². The van der Waals surface area contributed by atoms with Gasteiger partial charge < -0.3 is 10.0 Å². The molecule has 1 amide bonds. The average Bonchev–Trinajstić information content (AvgIpc) is 2.47. The molecule has 0 aliphatic carbocycles. The Morgan fingerprint density at radius 2 is 1.76 bits per heavy atom. The second-order valence-corrected chi connectivity index (χ2v) is 4.56. The summed E-state index contributed by atoms with van der Waals surface area (Å²) >= 11 is 0. The fourth-order valence-corrected chi connectivity index (χ4v) is 2.04. The molecule has 0 heterocycles. The van der Waals surface area contributed by atoms with Crippen LogP contribution in [0.1, 0.15) is 15.9 Å². The highest BCUT2D eigenvalue weighted by molar-refractivity contribution is 6.02. The quantitative estimate of drug-likeness (QED) is 0.940. The van der Waals surface area contributed by atoms with Crippen LogP contribution in [0.15, 0.2) is 48.5 Å². The van der Waals surface area contributed by atoms with E-state index in [0.717, 1.165) is 16.5 Å². The fraction of sp³-hybridized carbons (Fsp3) is 0.125. The maximum absolute atomic E-state index is 13.9. The Bertz CT molecular complexity index is 670. The molecule has 0 radical (unpaired) electrons. The summed E-state index contributed by atoms with van der Waals surface area (Å²) in [6, 6.07) is 12.7. The number of amides is 1. The molecular formula is C16H14FNO3. The van der Waals surface area contributed by atoms with Gasteiger partial charge in [0.1, 0.15) is 5.82 Å². The first-order valence-electron chi connectivity index (χ1n) is 6.33. The summed E-state index contributed by atoms with van der Waals surface area (Å²) in [6.45, 7) is 0. The highest BCUT2D eigenvalue weighted by Crippen LogP contribution is 2.24. The number of benzene rings is 2. The summed E-state index contributed by atoms with van der Waals surface area (Å²) in [5.41, 5.74) is 0.326. The van der Waals surface area contributed by atoms with Crippen molar-refractivity contribution in [1.29, 1.82) is 0 Å². The highest BCUT2D eigenvalue weighted by Gasteiger charge is 2.22. The van der Waals surface area contributed by atoms with Crippen molar-refractivity contribution in [3.8, 4) is 0 Å². The van der Waals surface area contributed by atoms with Crippen molar-refractivity contribution in [2.45, 2.75) is 6.42 Å². The Labute approximate surface area is 121 Å². The number of carbonyl (C=O) groups excluding carboxylic acids is 1. The SMILES string of the molecule is CN(C(=O)Cc1ccccc1)c1c(F)cccc1C(=O)O. The number of carboxylic acid groups (broad SMARTS) is 1. The van der Waals surface area contributed by atoms with Crippen LogP contribution in [0.2, 0.25) is 0 Å². The summed E-state index contributed by atoms with van der Waals surface area (Å²) in [5, 5.41) is 9.11. The van der Waals surface area contributed by atoms with E-state index >= 15 is 0 Å². The van der Waals surface area contributed by atoms with Gasteiger partial charge >= 0.3 is 5.97 Å². The summed E-state index contributed by atoms with van der Waals surface area (Å²) in [7, 11) is 1.37. The predicted octanol–water partition coefficient (Wildman–Crippen LogP) is 2.73. The van der Waals surface area contributed by atoms with E-state index in [0.29, 0.717) is 0 Å². The molecule has 0 aliphatic rings. The zero-order valence-electron chi connectivity index (χ0n) is 11.4. The Kier molecular flexibility index (Phi) is 4.33. The molecule has 0 bridgehead atoms. The van der Waals surface area contributed by atoms with Gasteiger partial charge in [-0.05, 0) is 17.7 Å². The first-order valence-corrected chi connectivity index (χ1v) is 6.33. The van der Waals surface area contributed by atoms with Gasteiger partial charge in [0.15, 0.2) is 0 Å². The molecule has 0 saturated carbocycles. The molecule has 2 rings (SSSR count). The van der Waals surface area contributed by atoms with E-state index in [4.69, 9.17) is 5.11 Å². The van der Waals surface area contributed by atoms with Gasteiger partial charge in [-0.2, -0.15) is 0 Å². The van der Waals surface area contributed by atoms with Crippen LogP contribution in [-0.2, 0) is 11.2 Å². The third-order valence-corrected chi connectivity index (χ3v) is 3.12. The molecule has 0 atom stereocenters. The molecule has 0 spiro atoms. The molecule has 0 saturated heterocycles. The van der Waals surface area contributed by atoms with Gasteiger partial charge in [0.2, 0.25) is 5.91 Å². The van der Waals surface area contributed by atoms with Crippen molar-refractivity contribution in [3.63, 3.8) is 0 Å². The van der Waals surface area contributed by atoms with Crippen LogP contribution in [0.3, 0.4) is 0 Å². The van der Waals surface area contributed by atoms with Crippen molar-refractivity contribution < 1.29 is 19.1 Å². The van der Waals surface area contributed by atoms with Crippen LogP contribution in [0.25, 0.3) is 0 Å². The maximum Gasteiger partial charge on any atom is 0.337 e. The number of hydrogen-bond acceptors (Lipinski definition) is 2. The number of aromatic carboxylic acids is 1. The van der Waals surface area contributed by atoms with Crippen LogP contribution in [0, 0.1) is 5.82 Å². The number of likely N-dealkylation sites (N-methyl/N-ethyl adjacent to an activating group) is 1. The molecule has 21 heavy (non-hydrogen) atoms. The van der Waals surface area contributed by atoms with Gasteiger partial charge in [-0.3, -0.25) is 4.79 Å². The second-order valence-electron chi connectivity index (χ2n) is 4.56. The molecule has 4 nitrogen and oxygen atoms in total. The van der Waals surface area contributed by atoms with Gasteiger partial charge in [0.05, 0.1) is 17.7 Å². The number of anilines is 1. The summed E-state index contributed by atoms with van der Waals surface area (Å²) < 4.78 is 13.9. The van der Waals surface area contributed by atoms with Crippen LogP contribution < -0.4 is 4.90 Å². The number of carboxylic acids is 1. The average molecular weight is 287 g/mol. The molecule has 2 aromatic carbocycles. The van der Waals surface area contributed by atoms with Gasteiger partial charge in [-0.15, -0.1) is 0 Å². The van der Waals surface area contributed by atoms with E-state index in [1.54, 1.807) is 24.3 Å². The van der Waals surface area contributed by atoms with E-state index in [2.05, 4.69) is 0 Å². The molecular weight excluding hydrogens is 273 g/mol. The largest absolute Gasteiger partial charge is 0.478 e. The van der Waals surface area contributed by atoms with E-state index in [1.807, 2.05) is 6.07 Å². The lowest BCUT2D eigenvalue weighted by Gasteiger charge is -2.20. The Morgan fingerprint density at radius 1 is 1.10 bits per heavy atom. The first-order chi connectivity index (χ1) is 10.0. The van der Waals surface area contributed by atoms with Crippen molar-refractivity contribution >= 4 is 17.6 Å². The summed E-state index contributed by atoms with van der Waals surface area (Å²) in [5.74, 6) is -2.39. The van der Waals surface area contributed by atoms with Gasteiger partial charge in [-0.1, -0.05) is 36.4 Å². The Hall–Kier alpha value is -2.69. The summed E-state index contributed by atoms with van der Waals surface area (Å²) in [4.78, 5) is 24.4. The molecule has 108 valence electrons. The molecule has 0 fully saturated rings. The number of rotatable bonds is 4. The maximum atomic E-state index is 13.9. The molecule has 0 aliphatic heterocycles. The lowest BCUT2D eigenvalue weighted by molar-refractivity contribution is -0.117.